The molecule has 0 radical (unpaired) electrons. The molecule has 0 aromatic carbocycles. The molecule has 9 heteroatoms. The molecule has 1 rings (SSSR count). The van der Waals surface area contributed by atoms with Crippen LogP contribution in [0.1, 0.15) is 32.1 Å². The molecule has 116 valence electrons. The average Bonchev–Trinajstić information content (AvgIpc) is 2.66. The monoisotopic (exact) mass is 308 g/mol. The van der Waals surface area contributed by atoms with Crippen LogP contribution in [-0.2, 0) is 24.5 Å². The van der Waals surface area contributed by atoms with Gasteiger partial charge in [0.05, 0.1) is 13.5 Å². The summed E-state index contributed by atoms with van der Waals surface area (Å²) in [5, 5.41) is 8.98. The van der Waals surface area contributed by atoms with Crippen LogP contribution in [0.5, 0.6) is 0 Å². The van der Waals surface area contributed by atoms with Crippen molar-refractivity contribution in [3.05, 3.63) is 0 Å². The van der Waals surface area contributed by atoms with Crippen LogP contribution >= 0.6 is 0 Å². The van der Waals surface area contributed by atoms with Crippen LogP contribution in [0.25, 0.3) is 0 Å². The molecule has 1 aliphatic rings. The highest BCUT2D eigenvalue weighted by atomic mass is 32.2. The fraction of sp³-hybridized carbons (Fsp3) is 0.818. The van der Waals surface area contributed by atoms with E-state index in [2.05, 4.69) is 9.46 Å². The number of nitrogens with zero attached hydrogens (tertiary/aromatic N) is 1. The van der Waals surface area contributed by atoms with Gasteiger partial charge in [0, 0.05) is 13.1 Å². The van der Waals surface area contributed by atoms with E-state index in [-0.39, 0.29) is 0 Å². The maximum atomic E-state index is 12.1. The van der Waals surface area contributed by atoms with Crippen molar-refractivity contribution in [3.8, 4) is 0 Å². The Morgan fingerprint density at radius 3 is 2.25 bits per heavy atom. The van der Waals surface area contributed by atoms with Crippen LogP contribution in [0, 0.1) is 0 Å². The van der Waals surface area contributed by atoms with Crippen molar-refractivity contribution < 1.29 is 27.9 Å². The second-order valence-corrected chi connectivity index (χ2v) is 6.31. The number of ether oxygens (including phenoxy) is 1. The summed E-state index contributed by atoms with van der Waals surface area (Å²) in [6.07, 6.45) is 2.86. The highest BCUT2D eigenvalue weighted by molar-refractivity contribution is 7.87. The minimum Gasteiger partial charge on any atom is -0.480 e. The van der Waals surface area contributed by atoms with Crippen molar-refractivity contribution in [2.24, 2.45) is 0 Å². The number of hydrogen-bond acceptors (Lipinski definition) is 5. The van der Waals surface area contributed by atoms with Crippen LogP contribution in [0.4, 0.5) is 0 Å². The summed E-state index contributed by atoms with van der Waals surface area (Å²) >= 11 is 0. The van der Waals surface area contributed by atoms with E-state index in [1.807, 2.05) is 0 Å². The van der Waals surface area contributed by atoms with Crippen LogP contribution in [0.2, 0.25) is 0 Å². The Kier molecular flexibility index (Phi) is 6.37. The number of methoxy groups -OCH3 is 1. The Morgan fingerprint density at radius 1 is 1.25 bits per heavy atom. The molecule has 0 aromatic rings. The second-order valence-electron chi connectivity index (χ2n) is 4.61. The first-order chi connectivity index (χ1) is 9.36. The molecule has 1 heterocycles. The molecular weight excluding hydrogens is 288 g/mol. The summed E-state index contributed by atoms with van der Waals surface area (Å²) in [7, 11) is -2.79. The zero-order chi connectivity index (χ0) is 15.2. The SMILES string of the molecule is COC(=O)C[C@H](NS(=O)(=O)N1CCCCCC1)C(=O)O. The third-order valence-electron chi connectivity index (χ3n) is 3.09. The molecule has 1 fully saturated rings. The van der Waals surface area contributed by atoms with E-state index in [0.29, 0.717) is 13.1 Å². The van der Waals surface area contributed by atoms with Gasteiger partial charge in [0.1, 0.15) is 6.04 Å². The quantitative estimate of drug-likeness (QED) is 0.652. The Morgan fingerprint density at radius 2 is 1.80 bits per heavy atom. The molecule has 1 aliphatic heterocycles. The highest BCUT2D eigenvalue weighted by Gasteiger charge is 2.31. The molecule has 0 unspecified atom stereocenters. The number of nitrogens with one attached hydrogen (secondary N) is 1. The van der Waals surface area contributed by atoms with Gasteiger partial charge in [-0.25, -0.2) is 0 Å². The summed E-state index contributed by atoms with van der Waals surface area (Å²) in [6.45, 7) is 0.722. The van der Waals surface area contributed by atoms with Crippen molar-refractivity contribution in [3.63, 3.8) is 0 Å². The normalized spacial score (nSPS) is 19.1. The molecule has 0 saturated carbocycles. The molecule has 0 aromatic heterocycles. The van der Waals surface area contributed by atoms with Crippen molar-refractivity contribution in [1.29, 1.82) is 0 Å². The van der Waals surface area contributed by atoms with Crippen molar-refractivity contribution in [2.45, 2.75) is 38.1 Å². The summed E-state index contributed by atoms with van der Waals surface area (Å²) < 4.78 is 31.9. The predicted octanol–water partition coefficient (Wildman–Crippen LogP) is -0.287. The van der Waals surface area contributed by atoms with E-state index in [4.69, 9.17) is 5.11 Å². The molecule has 20 heavy (non-hydrogen) atoms. The number of rotatable bonds is 6. The third-order valence-corrected chi connectivity index (χ3v) is 4.72. The zero-order valence-corrected chi connectivity index (χ0v) is 12.2. The lowest BCUT2D eigenvalue weighted by Crippen LogP contribution is -2.49. The van der Waals surface area contributed by atoms with Crippen molar-refractivity contribution in [2.75, 3.05) is 20.2 Å². The Hall–Kier alpha value is -1.19. The zero-order valence-electron chi connectivity index (χ0n) is 11.4. The van der Waals surface area contributed by atoms with E-state index in [1.165, 1.54) is 4.31 Å². The molecule has 0 spiro atoms. The van der Waals surface area contributed by atoms with Crippen LogP contribution in [-0.4, -0.2) is 56.0 Å². The van der Waals surface area contributed by atoms with Gasteiger partial charge < -0.3 is 9.84 Å². The topological polar surface area (TPSA) is 113 Å². The molecule has 0 amide bonds. The molecular formula is C11H20N2O6S. The van der Waals surface area contributed by atoms with Gasteiger partial charge in [-0.2, -0.15) is 17.4 Å². The van der Waals surface area contributed by atoms with Gasteiger partial charge in [0.25, 0.3) is 10.2 Å². The molecule has 0 bridgehead atoms. The molecule has 1 saturated heterocycles. The fourth-order valence-corrected chi connectivity index (χ4v) is 3.40. The van der Waals surface area contributed by atoms with Gasteiger partial charge in [-0.15, -0.1) is 0 Å². The highest BCUT2D eigenvalue weighted by Crippen LogP contribution is 2.13. The lowest BCUT2D eigenvalue weighted by atomic mass is 10.2. The smallest absolute Gasteiger partial charge is 0.322 e. The number of hydrogen-bond donors (Lipinski definition) is 2. The number of aliphatic carboxylic acids is 1. The number of esters is 1. The summed E-state index contributed by atoms with van der Waals surface area (Å²) in [4.78, 5) is 22.1. The lowest BCUT2D eigenvalue weighted by Gasteiger charge is -2.22. The Labute approximate surface area is 118 Å². The van der Waals surface area contributed by atoms with E-state index < -0.39 is 34.6 Å². The Bertz CT molecular complexity index is 442. The molecule has 8 nitrogen and oxygen atoms in total. The largest absolute Gasteiger partial charge is 0.480 e. The van der Waals surface area contributed by atoms with E-state index >= 15 is 0 Å². The maximum Gasteiger partial charge on any atom is 0.322 e. The van der Waals surface area contributed by atoms with Gasteiger partial charge in [-0.05, 0) is 12.8 Å². The number of carboxylic acids is 1. The van der Waals surface area contributed by atoms with Crippen LogP contribution in [0.3, 0.4) is 0 Å². The van der Waals surface area contributed by atoms with Gasteiger partial charge in [-0.1, -0.05) is 12.8 Å². The average molecular weight is 308 g/mol. The number of carbonyl (C=O) groups excluding carboxylic acids is 1. The van der Waals surface area contributed by atoms with Crippen molar-refractivity contribution in [1.82, 2.24) is 9.03 Å². The summed E-state index contributed by atoms with van der Waals surface area (Å²) in [5.41, 5.74) is 0. The third kappa shape index (κ3) is 5.06. The van der Waals surface area contributed by atoms with Crippen LogP contribution in [0.15, 0.2) is 0 Å². The maximum absolute atomic E-state index is 12.1. The van der Waals surface area contributed by atoms with Gasteiger partial charge in [0.2, 0.25) is 0 Å². The second kappa shape index (κ2) is 7.55. The van der Waals surface area contributed by atoms with Gasteiger partial charge in [-0.3, -0.25) is 9.59 Å². The summed E-state index contributed by atoms with van der Waals surface area (Å²) in [5.74, 6) is -2.19. The van der Waals surface area contributed by atoms with Crippen molar-refractivity contribution >= 4 is 22.1 Å². The standard InChI is InChI=1S/C11H20N2O6S/c1-19-10(14)8-9(11(15)16)12-20(17,18)13-6-4-2-3-5-7-13/h9,12H,2-8H2,1H3,(H,15,16)/t9-/m0/s1. The van der Waals surface area contributed by atoms with E-state index in [9.17, 15) is 18.0 Å². The Balaban J connectivity index is 2.74. The predicted molar refractivity (Wildman–Crippen MR) is 70.2 cm³/mol. The first-order valence-corrected chi connectivity index (χ1v) is 7.88. The fourth-order valence-electron chi connectivity index (χ4n) is 1.97. The van der Waals surface area contributed by atoms with Crippen LogP contribution < -0.4 is 4.72 Å². The molecule has 2 N–H and O–H groups in total. The van der Waals surface area contributed by atoms with Gasteiger partial charge in [0.15, 0.2) is 0 Å². The van der Waals surface area contributed by atoms with Gasteiger partial charge >= 0.3 is 11.9 Å². The minimum atomic E-state index is -3.91. The van der Waals surface area contributed by atoms with E-state index in [1.54, 1.807) is 0 Å². The minimum absolute atomic E-state index is 0.361. The molecule has 1 atom stereocenters. The van der Waals surface area contributed by atoms with E-state index in [0.717, 1.165) is 32.8 Å². The summed E-state index contributed by atoms with van der Waals surface area (Å²) in [6, 6.07) is -1.52. The molecule has 0 aliphatic carbocycles. The first kappa shape index (κ1) is 16.9. The first-order valence-electron chi connectivity index (χ1n) is 6.44. The number of carboxylic acid groups (broad SMARTS) is 1. The number of carbonyl (C=O) groups is 2. The lowest BCUT2D eigenvalue weighted by molar-refractivity contribution is -0.147.